The highest BCUT2D eigenvalue weighted by atomic mass is 16.5. The highest BCUT2D eigenvalue weighted by Crippen LogP contribution is 2.31. The van der Waals surface area contributed by atoms with Crippen LogP contribution in [0.3, 0.4) is 0 Å². The zero-order valence-corrected chi connectivity index (χ0v) is 20.1. The quantitative estimate of drug-likeness (QED) is 0.483. The van der Waals surface area contributed by atoms with E-state index in [1.807, 2.05) is 13.0 Å². The average molecular weight is 453 g/mol. The first kappa shape index (κ1) is 24.6. The smallest absolute Gasteiger partial charge is 0.341 e. The maximum absolute atomic E-state index is 13.0. The summed E-state index contributed by atoms with van der Waals surface area (Å²) in [5, 5.41) is 3.26. The summed E-state index contributed by atoms with van der Waals surface area (Å²) in [6, 6.07) is 13.6. The molecule has 0 radical (unpaired) electrons. The fourth-order valence-electron chi connectivity index (χ4n) is 4.38. The van der Waals surface area contributed by atoms with Crippen molar-refractivity contribution in [2.24, 2.45) is 0 Å². The fourth-order valence-corrected chi connectivity index (χ4v) is 4.38. The number of amides is 1. The van der Waals surface area contributed by atoms with Gasteiger partial charge in [0.15, 0.2) is 0 Å². The Hall–Kier alpha value is -3.02. The van der Waals surface area contributed by atoms with E-state index in [1.54, 1.807) is 25.1 Å². The number of esters is 1. The second-order valence-corrected chi connectivity index (χ2v) is 8.32. The lowest BCUT2D eigenvalue weighted by Gasteiger charge is -2.27. The lowest BCUT2D eigenvalue weighted by atomic mass is 9.99. The van der Waals surface area contributed by atoms with E-state index in [0.717, 1.165) is 31.5 Å². The maximum atomic E-state index is 13.0. The monoisotopic (exact) mass is 452 g/mol. The number of hydrogen-bond acceptors (Lipinski definition) is 5. The molecule has 6 heteroatoms. The van der Waals surface area contributed by atoms with E-state index in [2.05, 4.69) is 35.3 Å². The zero-order chi connectivity index (χ0) is 23.6. The van der Waals surface area contributed by atoms with Crippen molar-refractivity contribution in [1.29, 1.82) is 0 Å². The van der Waals surface area contributed by atoms with Crippen molar-refractivity contribution in [2.75, 3.05) is 31.2 Å². The van der Waals surface area contributed by atoms with Gasteiger partial charge in [0.25, 0.3) is 0 Å². The molecule has 1 saturated heterocycles. The molecule has 0 aromatic heterocycles. The molecule has 3 rings (SSSR count). The second-order valence-electron chi connectivity index (χ2n) is 8.32. The van der Waals surface area contributed by atoms with Gasteiger partial charge in [0.1, 0.15) is 11.3 Å². The van der Waals surface area contributed by atoms with Crippen molar-refractivity contribution in [2.45, 2.75) is 58.9 Å². The molecule has 0 bridgehead atoms. The standard InChI is InChI=1S/C27H36N2O4/c1-4-11-23(21-12-7-8-13-24(21)29-16-9-10-17-29)28-26(30)19-20-14-15-22(27(31)33-6-3)25(18-20)32-5-2/h7-8,12-15,18,23H,4-6,9-11,16-17,19H2,1-3H3,(H,28,30). The van der Waals surface area contributed by atoms with Crippen LogP contribution in [0.15, 0.2) is 42.5 Å². The SMILES string of the molecule is CCCC(NC(=O)Cc1ccc(C(=O)OCC)c(OCC)c1)c1ccccc1N1CCCC1. The van der Waals surface area contributed by atoms with Gasteiger partial charge in [0.2, 0.25) is 5.91 Å². The molecule has 1 aliphatic heterocycles. The Morgan fingerprint density at radius 2 is 1.79 bits per heavy atom. The number of nitrogens with zero attached hydrogens (tertiary/aromatic N) is 1. The van der Waals surface area contributed by atoms with E-state index < -0.39 is 5.97 Å². The molecular formula is C27H36N2O4. The molecule has 1 atom stereocenters. The Morgan fingerprint density at radius 1 is 1.03 bits per heavy atom. The molecule has 2 aromatic carbocycles. The van der Waals surface area contributed by atoms with Gasteiger partial charge >= 0.3 is 5.97 Å². The van der Waals surface area contributed by atoms with Crippen molar-refractivity contribution in [3.63, 3.8) is 0 Å². The maximum Gasteiger partial charge on any atom is 0.341 e. The summed E-state index contributed by atoms with van der Waals surface area (Å²) in [6.45, 7) is 8.63. The molecule has 0 aliphatic carbocycles. The first-order valence-electron chi connectivity index (χ1n) is 12.1. The van der Waals surface area contributed by atoms with Crippen LogP contribution in [0, 0.1) is 0 Å². The molecule has 0 saturated carbocycles. The van der Waals surface area contributed by atoms with E-state index in [1.165, 1.54) is 24.1 Å². The Labute approximate surface area is 197 Å². The Bertz CT molecular complexity index is 937. The number of nitrogens with one attached hydrogen (secondary N) is 1. The van der Waals surface area contributed by atoms with Crippen molar-refractivity contribution in [3.8, 4) is 5.75 Å². The molecule has 6 nitrogen and oxygen atoms in total. The third-order valence-electron chi connectivity index (χ3n) is 5.88. The third kappa shape index (κ3) is 6.50. The lowest BCUT2D eigenvalue weighted by molar-refractivity contribution is -0.121. The van der Waals surface area contributed by atoms with Gasteiger partial charge in [-0.1, -0.05) is 37.6 Å². The van der Waals surface area contributed by atoms with Gasteiger partial charge in [-0.15, -0.1) is 0 Å². The summed E-state index contributed by atoms with van der Waals surface area (Å²) in [7, 11) is 0. The Morgan fingerprint density at radius 3 is 2.48 bits per heavy atom. The van der Waals surface area contributed by atoms with Gasteiger partial charge in [0, 0.05) is 18.8 Å². The summed E-state index contributed by atoms with van der Waals surface area (Å²) >= 11 is 0. The van der Waals surface area contributed by atoms with Crippen LogP contribution in [-0.2, 0) is 16.0 Å². The summed E-state index contributed by atoms with van der Waals surface area (Å²) < 4.78 is 10.8. The summed E-state index contributed by atoms with van der Waals surface area (Å²) in [6.07, 6.45) is 4.49. The van der Waals surface area contributed by atoms with Crippen LogP contribution >= 0.6 is 0 Å². The van der Waals surface area contributed by atoms with Crippen molar-refractivity contribution in [1.82, 2.24) is 5.32 Å². The molecule has 2 aromatic rings. The highest BCUT2D eigenvalue weighted by molar-refractivity contribution is 5.93. The predicted octanol–water partition coefficient (Wildman–Crippen LogP) is 5.06. The zero-order valence-electron chi connectivity index (χ0n) is 20.1. The molecule has 1 aliphatic rings. The molecule has 1 unspecified atom stereocenters. The minimum absolute atomic E-state index is 0.0375. The van der Waals surface area contributed by atoms with Gasteiger partial charge in [-0.05, 0) is 62.4 Å². The molecule has 1 N–H and O–H groups in total. The molecule has 33 heavy (non-hydrogen) atoms. The average Bonchev–Trinajstić information content (AvgIpc) is 3.34. The number of anilines is 1. The molecule has 0 spiro atoms. The molecule has 1 heterocycles. The minimum Gasteiger partial charge on any atom is -0.493 e. The van der Waals surface area contributed by atoms with E-state index in [4.69, 9.17) is 9.47 Å². The Kier molecular flexibility index (Phi) is 9.16. The molecule has 178 valence electrons. The number of hydrogen-bond donors (Lipinski definition) is 1. The highest BCUT2D eigenvalue weighted by Gasteiger charge is 2.22. The van der Waals surface area contributed by atoms with Gasteiger partial charge < -0.3 is 19.7 Å². The normalized spacial score (nSPS) is 14.1. The number of carbonyl (C=O) groups is 2. The van der Waals surface area contributed by atoms with Crippen LogP contribution < -0.4 is 15.0 Å². The van der Waals surface area contributed by atoms with Gasteiger partial charge in [-0.2, -0.15) is 0 Å². The van der Waals surface area contributed by atoms with Crippen LogP contribution in [0.5, 0.6) is 5.75 Å². The number of ether oxygens (including phenoxy) is 2. The Balaban J connectivity index is 1.76. The van der Waals surface area contributed by atoms with Crippen molar-refractivity contribution < 1.29 is 19.1 Å². The number of para-hydroxylation sites is 1. The predicted molar refractivity (Wildman–Crippen MR) is 131 cm³/mol. The van der Waals surface area contributed by atoms with Crippen LogP contribution in [0.1, 0.15) is 74.0 Å². The van der Waals surface area contributed by atoms with Crippen LogP contribution in [-0.4, -0.2) is 38.2 Å². The van der Waals surface area contributed by atoms with Crippen molar-refractivity contribution >= 4 is 17.6 Å². The van der Waals surface area contributed by atoms with E-state index in [0.29, 0.717) is 24.5 Å². The second kappa shape index (κ2) is 12.3. The van der Waals surface area contributed by atoms with Crippen LogP contribution in [0.2, 0.25) is 0 Å². The van der Waals surface area contributed by atoms with Crippen LogP contribution in [0.4, 0.5) is 5.69 Å². The first-order valence-corrected chi connectivity index (χ1v) is 12.1. The minimum atomic E-state index is -0.418. The van der Waals surface area contributed by atoms with Gasteiger partial charge in [0.05, 0.1) is 25.7 Å². The third-order valence-corrected chi connectivity index (χ3v) is 5.88. The largest absolute Gasteiger partial charge is 0.493 e. The van der Waals surface area contributed by atoms with Gasteiger partial charge in [-0.25, -0.2) is 4.79 Å². The van der Waals surface area contributed by atoms with Crippen molar-refractivity contribution in [3.05, 3.63) is 59.2 Å². The molecule has 1 amide bonds. The number of benzene rings is 2. The molecular weight excluding hydrogens is 416 g/mol. The lowest BCUT2D eigenvalue weighted by Crippen LogP contribution is -2.31. The van der Waals surface area contributed by atoms with E-state index in [-0.39, 0.29) is 18.4 Å². The summed E-state index contributed by atoms with van der Waals surface area (Å²) in [4.78, 5) is 27.7. The fraction of sp³-hybridized carbons (Fsp3) is 0.481. The van der Waals surface area contributed by atoms with E-state index >= 15 is 0 Å². The number of rotatable bonds is 11. The first-order chi connectivity index (χ1) is 16.1. The van der Waals surface area contributed by atoms with E-state index in [9.17, 15) is 9.59 Å². The number of carbonyl (C=O) groups excluding carboxylic acids is 2. The topological polar surface area (TPSA) is 67.9 Å². The summed E-state index contributed by atoms with van der Waals surface area (Å²) in [5.41, 5.74) is 3.59. The molecule has 1 fully saturated rings. The van der Waals surface area contributed by atoms with Crippen LogP contribution in [0.25, 0.3) is 0 Å². The summed E-state index contributed by atoms with van der Waals surface area (Å²) in [5.74, 6) is -0.0137. The van der Waals surface area contributed by atoms with Gasteiger partial charge in [-0.3, -0.25) is 4.79 Å².